The summed E-state index contributed by atoms with van der Waals surface area (Å²) in [5, 5.41) is 7.82. The van der Waals surface area contributed by atoms with E-state index in [9.17, 15) is 9.59 Å². The van der Waals surface area contributed by atoms with Crippen LogP contribution in [-0.4, -0.2) is 23.0 Å². The van der Waals surface area contributed by atoms with Gasteiger partial charge in [-0.15, -0.1) is 11.8 Å². The lowest BCUT2D eigenvalue weighted by Crippen LogP contribution is -2.20. The van der Waals surface area contributed by atoms with Crippen LogP contribution < -0.4 is 15.4 Å². The smallest absolute Gasteiger partial charge is 0.262 e. The van der Waals surface area contributed by atoms with E-state index < -0.39 is 5.25 Å². The maximum atomic E-state index is 13.8. The summed E-state index contributed by atoms with van der Waals surface area (Å²) >= 11 is 1.44. The lowest BCUT2D eigenvalue weighted by molar-refractivity contribution is -0.118. The van der Waals surface area contributed by atoms with Gasteiger partial charge in [-0.3, -0.25) is 9.59 Å². The first kappa shape index (κ1) is 28.1. The van der Waals surface area contributed by atoms with Crippen molar-refractivity contribution in [3.63, 3.8) is 0 Å². The molecule has 6 aromatic rings. The van der Waals surface area contributed by atoms with Crippen molar-refractivity contribution in [3.05, 3.63) is 133 Å². The van der Waals surface area contributed by atoms with Crippen molar-refractivity contribution in [2.75, 3.05) is 17.2 Å². The van der Waals surface area contributed by atoms with Gasteiger partial charge < -0.3 is 19.9 Å². The fraction of sp³-hybridized carbons (Fsp3) is 0.111. The highest BCUT2D eigenvalue weighted by Gasteiger charge is 2.23. The predicted molar refractivity (Wildman–Crippen MR) is 176 cm³/mol. The molecule has 0 aliphatic heterocycles. The standard InChI is InChI=1S/C36H31N3O3S/c1-2-39-32-19-10-9-18-30(32)31-23-27(20-21-33(31)39)38-36(41)35(25-12-5-3-6-13-25)43-29-17-11-14-26(22-29)37-34(40)24-42-28-15-7-4-8-16-28/h3-23,35H,2,24H2,1H3,(H,37,40)(H,38,41). The van der Waals surface area contributed by atoms with Gasteiger partial charge in [0.05, 0.1) is 0 Å². The molecule has 5 aromatic carbocycles. The van der Waals surface area contributed by atoms with Crippen LogP contribution in [0.2, 0.25) is 0 Å². The van der Waals surface area contributed by atoms with Crippen LogP contribution in [0, 0.1) is 0 Å². The maximum Gasteiger partial charge on any atom is 0.262 e. The normalized spacial score (nSPS) is 11.7. The summed E-state index contributed by atoms with van der Waals surface area (Å²) in [6, 6.07) is 40.9. The van der Waals surface area contributed by atoms with Crippen LogP contribution in [0.4, 0.5) is 11.4 Å². The van der Waals surface area contributed by atoms with Crippen LogP contribution in [0.5, 0.6) is 5.75 Å². The second-order valence-corrected chi connectivity index (χ2v) is 11.2. The van der Waals surface area contributed by atoms with Gasteiger partial charge in [-0.1, -0.05) is 72.8 Å². The number of aryl methyl sites for hydroxylation is 1. The third-order valence-corrected chi connectivity index (χ3v) is 8.43. The lowest BCUT2D eigenvalue weighted by atomic mass is 10.1. The minimum atomic E-state index is -0.513. The highest BCUT2D eigenvalue weighted by molar-refractivity contribution is 8.00. The van der Waals surface area contributed by atoms with Gasteiger partial charge in [0.25, 0.3) is 5.91 Å². The molecule has 7 heteroatoms. The number of hydrogen-bond donors (Lipinski definition) is 2. The molecule has 0 aliphatic carbocycles. The number of fused-ring (bicyclic) bond motifs is 3. The van der Waals surface area contributed by atoms with E-state index in [2.05, 4.69) is 52.5 Å². The molecule has 0 saturated heterocycles. The molecule has 1 unspecified atom stereocenters. The van der Waals surface area contributed by atoms with Crippen molar-refractivity contribution in [3.8, 4) is 5.75 Å². The number of benzene rings is 5. The van der Waals surface area contributed by atoms with E-state index in [-0.39, 0.29) is 18.4 Å². The first-order valence-electron chi connectivity index (χ1n) is 14.2. The maximum absolute atomic E-state index is 13.8. The molecular formula is C36H31N3O3S. The Balaban J connectivity index is 1.21. The molecule has 0 aliphatic rings. The molecule has 0 saturated carbocycles. The molecule has 214 valence electrons. The lowest BCUT2D eigenvalue weighted by Gasteiger charge is -2.18. The monoisotopic (exact) mass is 585 g/mol. The second-order valence-electron chi connectivity index (χ2n) is 10.1. The van der Waals surface area contributed by atoms with E-state index in [1.165, 1.54) is 17.3 Å². The quantitative estimate of drug-likeness (QED) is 0.159. The van der Waals surface area contributed by atoms with Gasteiger partial charge in [-0.25, -0.2) is 0 Å². The van der Waals surface area contributed by atoms with Crippen molar-refractivity contribution in [2.24, 2.45) is 0 Å². The van der Waals surface area contributed by atoms with Crippen LogP contribution in [0.3, 0.4) is 0 Å². The number of anilines is 2. The summed E-state index contributed by atoms with van der Waals surface area (Å²) in [4.78, 5) is 27.2. The van der Waals surface area contributed by atoms with Crippen LogP contribution >= 0.6 is 11.8 Å². The van der Waals surface area contributed by atoms with Crippen LogP contribution in [0.25, 0.3) is 21.8 Å². The number of para-hydroxylation sites is 2. The van der Waals surface area contributed by atoms with E-state index in [1.807, 2.05) is 84.9 Å². The number of amides is 2. The number of carbonyl (C=O) groups excluding carboxylic acids is 2. The second kappa shape index (κ2) is 12.9. The summed E-state index contributed by atoms with van der Waals surface area (Å²) in [5.74, 6) is 0.248. The fourth-order valence-corrected chi connectivity index (χ4v) is 6.31. The van der Waals surface area contributed by atoms with Crippen molar-refractivity contribution in [1.82, 2.24) is 4.57 Å². The summed E-state index contributed by atoms with van der Waals surface area (Å²) < 4.78 is 7.86. The fourth-order valence-electron chi connectivity index (χ4n) is 5.23. The SMILES string of the molecule is CCn1c2ccccc2c2cc(NC(=O)C(Sc3cccc(NC(=O)COc4ccccc4)c3)c3ccccc3)ccc21. The summed E-state index contributed by atoms with van der Waals surface area (Å²) in [6.45, 7) is 2.90. The Morgan fingerprint density at radius 2 is 1.42 bits per heavy atom. The molecule has 0 bridgehead atoms. The molecule has 0 fully saturated rings. The van der Waals surface area contributed by atoms with E-state index in [4.69, 9.17) is 4.74 Å². The Hall–Kier alpha value is -5.01. The van der Waals surface area contributed by atoms with E-state index in [0.717, 1.165) is 39.0 Å². The Morgan fingerprint density at radius 3 is 2.21 bits per heavy atom. The van der Waals surface area contributed by atoms with Gasteiger partial charge in [-0.05, 0) is 67.1 Å². The number of nitrogens with zero attached hydrogens (tertiary/aromatic N) is 1. The first-order chi connectivity index (χ1) is 21.1. The number of aromatic nitrogens is 1. The summed E-state index contributed by atoms with van der Waals surface area (Å²) in [6.07, 6.45) is 0. The van der Waals surface area contributed by atoms with Crippen molar-refractivity contribution in [2.45, 2.75) is 23.6 Å². The highest BCUT2D eigenvalue weighted by Crippen LogP contribution is 2.38. The molecule has 1 heterocycles. The number of hydrogen-bond acceptors (Lipinski definition) is 4. The number of nitrogens with one attached hydrogen (secondary N) is 2. The molecule has 0 radical (unpaired) electrons. The van der Waals surface area contributed by atoms with Crippen molar-refractivity contribution < 1.29 is 14.3 Å². The third kappa shape index (κ3) is 6.42. The highest BCUT2D eigenvalue weighted by atomic mass is 32.2. The summed E-state index contributed by atoms with van der Waals surface area (Å²) in [7, 11) is 0. The molecule has 0 spiro atoms. The number of thioether (sulfide) groups is 1. The predicted octanol–water partition coefficient (Wildman–Crippen LogP) is 8.30. The topological polar surface area (TPSA) is 72.4 Å². The molecule has 43 heavy (non-hydrogen) atoms. The molecule has 6 rings (SSSR count). The molecule has 1 aromatic heterocycles. The third-order valence-electron chi connectivity index (χ3n) is 7.18. The number of ether oxygens (including phenoxy) is 1. The first-order valence-corrected chi connectivity index (χ1v) is 15.1. The number of carbonyl (C=O) groups is 2. The number of rotatable bonds is 10. The Kier molecular flexibility index (Phi) is 8.42. The average Bonchev–Trinajstić information content (AvgIpc) is 3.36. The van der Waals surface area contributed by atoms with Gasteiger partial charge in [0.1, 0.15) is 11.0 Å². The van der Waals surface area contributed by atoms with E-state index >= 15 is 0 Å². The van der Waals surface area contributed by atoms with Gasteiger partial charge >= 0.3 is 0 Å². The van der Waals surface area contributed by atoms with Gasteiger partial charge in [0.15, 0.2) is 6.61 Å². The van der Waals surface area contributed by atoms with E-state index in [1.54, 1.807) is 12.1 Å². The van der Waals surface area contributed by atoms with Gasteiger partial charge in [-0.2, -0.15) is 0 Å². The zero-order valence-corrected chi connectivity index (χ0v) is 24.5. The Morgan fingerprint density at radius 1 is 0.721 bits per heavy atom. The van der Waals surface area contributed by atoms with Crippen LogP contribution in [0.15, 0.2) is 132 Å². The Labute approximate surface area is 254 Å². The van der Waals surface area contributed by atoms with Crippen LogP contribution in [-0.2, 0) is 16.1 Å². The van der Waals surface area contributed by atoms with Gasteiger partial charge in [0, 0.05) is 44.6 Å². The molecule has 1 atom stereocenters. The summed E-state index contributed by atoms with van der Waals surface area (Å²) in [5.41, 5.74) is 4.59. The van der Waals surface area contributed by atoms with Gasteiger partial charge in [0.2, 0.25) is 5.91 Å². The van der Waals surface area contributed by atoms with Crippen molar-refractivity contribution >= 4 is 56.8 Å². The minimum absolute atomic E-state index is 0.0995. The molecule has 6 nitrogen and oxygen atoms in total. The minimum Gasteiger partial charge on any atom is -0.484 e. The molecule has 2 amide bonds. The van der Waals surface area contributed by atoms with Crippen LogP contribution in [0.1, 0.15) is 17.7 Å². The Bertz CT molecular complexity index is 1890. The largest absolute Gasteiger partial charge is 0.484 e. The molecular weight excluding hydrogens is 554 g/mol. The van der Waals surface area contributed by atoms with E-state index in [0.29, 0.717) is 11.4 Å². The average molecular weight is 586 g/mol. The molecule has 2 N–H and O–H groups in total. The zero-order chi connectivity index (χ0) is 29.6. The van der Waals surface area contributed by atoms with Crippen molar-refractivity contribution in [1.29, 1.82) is 0 Å². The zero-order valence-electron chi connectivity index (χ0n) is 23.7.